The highest BCUT2D eigenvalue weighted by molar-refractivity contribution is 6.70. The third kappa shape index (κ3) is 10.1. The lowest BCUT2D eigenvalue weighted by atomic mass is 11.0. The molecule has 0 aliphatic rings. The predicted octanol–water partition coefficient (Wildman–Crippen LogP) is -0.694. The van der Waals surface area contributed by atoms with Crippen LogP contribution < -0.4 is 0 Å². The monoisotopic (exact) mass is 316 g/mol. The van der Waals surface area contributed by atoms with Crippen molar-refractivity contribution in [3.8, 4) is 0 Å². The molecule has 0 spiro atoms. The highest BCUT2D eigenvalue weighted by atomic mass is 28.2. The third-order valence-corrected chi connectivity index (χ3v) is 7.10. The minimum atomic E-state index is -0.721. The van der Waals surface area contributed by atoms with Crippen molar-refractivity contribution in [2.75, 3.05) is 28.4 Å². The van der Waals surface area contributed by atoms with E-state index in [0.717, 1.165) is 0 Å². The van der Waals surface area contributed by atoms with Gasteiger partial charge >= 0.3 is 0 Å². The van der Waals surface area contributed by atoms with E-state index >= 15 is 0 Å². The van der Waals surface area contributed by atoms with E-state index in [1.54, 1.807) is 28.4 Å². The van der Waals surface area contributed by atoms with E-state index < -0.39 is 27.4 Å². The van der Waals surface area contributed by atoms with Gasteiger partial charge in [0, 0.05) is 28.4 Å². The van der Waals surface area contributed by atoms with Crippen molar-refractivity contribution in [2.24, 2.45) is 0 Å². The second-order valence-electron chi connectivity index (χ2n) is 3.82. The van der Waals surface area contributed by atoms with Gasteiger partial charge in [0.05, 0.1) is 8.41 Å². The Balaban J connectivity index is 4.30. The Morgan fingerprint density at radius 3 is 1.84 bits per heavy atom. The first-order valence-electron chi connectivity index (χ1n) is 6.11. The molecule has 0 aliphatic heterocycles. The fourth-order valence-corrected chi connectivity index (χ4v) is 5.14. The molecule has 0 heterocycles. The SMILES string of the molecule is COC(OC)[SiH2]C=C=C[Si](C)=C=C[SiH2]C(OC)OC. The van der Waals surface area contributed by atoms with Crippen molar-refractivity contribution < 1.29 is 18.9 Å². The minimum absolute atomic E-state index is 0.0432. The van der Waals surface area contributed by atoms with Crippen molar-refractivity contribution in [1.82, 2.24) is 0 Å². The summed E-state index contributed by atoms with van der Waals surface area (Å²) < 4.78 is 20.6. The van der Waals surface area contributed by atoms with Gasteiger partial charge in [-0.05, 0) is 12.2 Å². The zero-order valence-electron chi connectivity index (χ0n) is 12.4. The molecule has 0 rings (SSSR count). The normalized spacial score (nSPS) is 11.3. The number of methoxy groups -OCH3 is 4. The predicted molar refractivity (Wildman–Crippen MR) is 86.5 cm³/mol. The molecule has 19 heavy (non-hydrogen) atoms. The standard InChI is InChI=1S/C12H24O4Si3/c1-13-11(14-2)17-7-6-9-19(5)10-8-18-12(15-3)16-4/h7-9,11-12H,17-18H2,1-5H3. The van der Waals surface area contributed by atoms with Crippen LogP contribution in [0.4, 0.5) is 0 Å². The van der Waals surface area contributed by atoms with Crippen LogP contribution >= 0.6 is 0 Å². The van der Waals surface area contributed by atoms with E-state index in [2.05, 4.69) is 34.7 Å². The lowest BCUT2D eigenvalue weighted by molar-refractivity contribution is -0.0431. The maximum absolute atomic E-state index is 5.16. The van der Waals surface area contributed by atoms with Crippen LogP contribution in [-0.4, -0.2) is 73.0 Å². The van der Waals surface area contributed by atoms with Gasteiger partial charge in [-0.15, -0.1) is 5.73 Å². The Bertz CT molecular complexity index is 350. The summed E-state index contributed by atoms with van der Waals surface area (Å²) in [5, 5.41) is 3.39. The van der Waals surface area contributed by atoms with Gasteiger partial charge in [0.2, 0.25) is 0 Å². The van der Waals surface area contributed by atoms with Gasteiger partial charge in [0.1, 0.15) is 30.9 Å². The number of hydrogen-bond donors (Lipinski definition) is 0. The summed E-state index contributed by atoms with van der Waals surface area (Å²) >= 11 is 0. The molecule has 0 N–H and O–H groups in total. The topological polar surface area (TPSA) is 36.9 Å². The molecular weight excluding hydrogens is 292 g/mol. The fraction of sp³-hybridized carbons (Fsp3) is 0.583. The average molecular weight is 317 g/mol. The lowest BCUT2D eigenvalue weighted by Gasteiger charge is -2.08. The summed E-state index contributed by atoms with van der Waals surface area (Å²) in [5.41, 5.74) is 9.50. The summed E-state index contributed by atoms with van der Waals surface area (Å²) in [6.07, 6.45) is 0. The summed E-state index contributed by atoms with van der Waals surface area (Å²) in [6.45, 7) is 2.18. The molecular formula is C12H24O4Si3. The molecule has 0 atom stereocenters. The quantitative estimate of drug-likeness (QED) is 0.320. The highest BCUT2D eigenvalue weighted by Gasteiger charge is 2.01. The van der Waals surface area contributed by atoms with Gasteiger partial charge in [-0.3, -0.25) is 0 Å². The second kappa shape index (κ2) is 12.7. The van der Waals surface area contributed by atoms with Gasteiger partial charge in [-0.25, -0.2) is 0 Å². The molecule has 0 aromatic heterocycles. The third-order valence-electron chi connectivity index (χ3n) is 2.42. The molecule has 108 valence electrons. The highest BCUT2D eigenvalue weighted by Crippen LogP contribution is 1.88. The second-order valence-corrected chi connectivity index (χ2v) is 8.86. The van der Waals surface area contributed by atoms with E-state index in [1.807, 2.05) is 0 Å². The molecule has 0 aliphatic carbocycles. The largest absolute Gasteiger partial charge is 0.360 e. The molecule has 0 aromatic rings. The first-order valence-corrected chi connectivity index (χ1v) is 11.5. The summed E-state index contributed by atoms with van der Waals surface area (Å²) in [5.74, 6) is -0.0945. The van der Waals surface area contributed by atoms with Gasteiger partial charge in [0.25, 0.3) is 0 Å². The van der Waals surface area contributed by atoms with Crippen molar-refractivity contribution >= 4 is 32.8 Å². The molecule has 7 heteroatoms. The number of ether oxygens (including phenoxy) is 4. The van der Waals surface area contributed by atoms with Crippen LogP contribution in [0, 0.1) is 0 Å². The van der Waals surface area contributed by atoms with E-state index in [0.29, 0.717) is 0 Å². The molecule has 0 fully saturated rings. The number of hydrogen-bond acceptors (Lipinski definition) is 4. The van der Waals surface area contributed by atoms with E-state index in [9.17, 15) is 0 Å². The zero-order valence-corrected chi connectivity index (χ0v) is 16.3. The Morgan fingerprint density at radius 2 is 1.37 bits per heavy atom. The fourth-order valence-electron chi connectivity index (χ4n) is 1.28. The van der Waals surface area contributed by atoms with Crippen molar-refractivity contribution in [1.29, 1.82) is 0 Å². The first kappa shape index (κ1) is 18.7. The van der Waals surface area contributed by atoms with Gasteiger partial charge in [-0.2, -0.15) is 5.33 Å². The maximum atomic E-state index is 5.16. The maximum Gasteiger partial charge on any atom is 0.139 e. The Morgan fingerprint density at radius 1 is 0.895 bits per heavy atom. The van der Waals surface area contributed by atoms with Crippen LogP contribution in [0.1, 0.15) is 0 Å². The van der Waals surface area contributed by atoms with Crippen molar-refractivity contribution in [3.05, 3.63) is 22.8 Å². The Labute approximate surface area is 122 Å². The molecule has 0 bridgehead atoms. The summed E-state index contributed by atoms with van der Waals surface area (Å²) in [7, 11) is 4.91. The Kier molecular flexibility index (Phi) is 12.5. The van der Waals surface area contributed by atoms with Crippen LogP contribution in [0.2, 0.25) is 6.55 Å². The molecule has 4 nitrogen and oxygen atoms in total. The smallest absolute Gasteiger partial charge is 0.139 e. The molecule has 0 unspecified atom stereocenters. The molecule has 0 amide bonds. The van der Waals surface area contributed by atoms with Gasteiger partial charge in [-0.1, -0.05) is 11.4 Å². The average Bonchev–Trinajstić information content (AvgIpc) is 2.44. The Hall–Kier alpha value is -0.339. The van der Waals surface area contributed by atoms with Crippen molar-refractivity contribution in [2.45, 2.75) is 18.4 Å². The van der Waals surface area contributed by atoms with E-state index in [4.69, 9.17) is 18.9 Å². The van der Waals surface area contributed by atoms with Crippen molar-refractivity contribution in [3.63, 3.8) is 0 Å². The first-order chi connectivity index (χ1) is 9.17. The molecule has 0 radical (unpaired) electrons. The summed E-state index contributed by atoms with van der Waals surface area (Å²) in [4.78, 5) is 0. The van der Waals surface area contributed by atoms with Crippen LogP contribution in [0.25, 0.3) is 0 Å². The van der Waals surface area contributed by atoms with Crippen LogP contribution in [0.5, 0.6) is 0 Å². The van der Waals surface area contributed by atoms with Crippen LogP contribution in [-0.2, 0) is 18.9 Å². The van der Waals surface area contributed by atoms with E-state index in [1.165, 1.54) is 0 Å². The van der Waals surface area contributed by atoms with Crippen LogP contribution in [0.3, 0.4) is 0 Å². The molecule has 0 saturated carbocycles. The lowest BCUT2D eigenvalue weighted by Crippen LogP contribution is -2.20. The van der Waals surface area contributed by atoms with Gasteiger partial charge in [0.15, 0.2) is 0 Å². The molecule has 0 saturated heterocycles. The molecule has 0 aromatic carbocycles. The summed E-state index contributed by atoms with van der Waals surface area (Å²) in [6, 6.07) is 0. The number of rotatable bonds is 9. The van der Waals surface area contributed by atoms with Gasteiger partial charge < -0.3 is 18.9 Å². The van der Waals surface area contributed by atoms with E-state index in [-0.39, 0.29) is 11.8 Å². The van der Waals surface area contributed by atoms with Crippen LogP contribution in [0.15, 0.2) is 22.8 Å². The minimum Gasteiger partial charge on any atom is -0.360 e. The zero-order chi connectivity index (χ0) is 14.5.